The Morgan fingerprint density at radius 2 is 1.90 bits per heavy atom. The van der Waals surface area contributed by atoms with Crippen molar-refractivity contribution in [2.75, 3.05) is 20.0 Å². The molecule has 118 valence electrons. The molecule has 0 radical (unpaired) electrons. The highest BCUT2D eigenvalue weighted by molar-refractivity contribution is 7.89. The fourth-order valence-corrected chi connectivity index (χ4v) is 4.13. The van der Waals surface area contributed by atoms with Gasteiger partial charge >= 0.3 is 0 Å². The number of ether oxygens (including phenoxy) is 2. The Kier molecular flexibility index (Phi) is 5.11. The van der Waals surface area contributed by atoms with Crippen molar-refractivity contribution in [3.05, 3.63) is 23.3 Å². The summed E-state index contributed by atoms with van der Waals surface area (Å²) in [7, 11) is -0.0429. The number of methoxy groups -OCH3 is 2. The van der Waals surface area contributed by atoms with Gasteiger partial charge in [-0.05, 0) is 42.5 Å². The zero-order chi connectivity index (χ0) is 15.5. The first kappa shape index (κ1) is 16.1. The molecule has 0 saturated heterocycles. The molecule has 0 saturated carbocycles. The van der Waals surface area contributed by atoms with Gasteiger partial charge in [0, 0.05) is 6.04 Å². The summed E-state index contributed by atoms with van der Waals surface area (Å²) in [5.74, 6) is 1.50. The van der Waals surface area contributed by atoms with Gasteiger partial charge in [0.2, 0.25) is 10.0 Å². The number of hydrogen-bond acceptors (Lipinski definition) is 4. The van der Waals surface area contributed by atoms with E-state index in [2.05, 4.69) is 4.72 Å². The predicted molar refractivity (Wildman–Crippen MR) is 82.4 cm³/mol. The smallest absolute Gasteiger partial charge is 0.212 e. The second kappa shape index (κ2) is 6.66. The van der Waals surface area contributed by atoms with Gasteiger partial charge in [0.25, 0.3) is 0 Å². The number of benzene rings is 1. The molecular weight excluding hydrogens is 290 g/mol. The Labute approximate surface area is 126 Å². The van der Waals surface area contributed by atoms with E-state index in [9.17, 15) is 8.42 Å². The van der Waals surface area contributed by atoms with Crippen LogP contribution in [0.3, 0.4) is 0 Å². The van der Waals surface area contributed by atoms with E-state index >= 15 is 0 Å². The Bertz CT molecular complexity index is 598. The molecule has 0 fully saturated rings. The summed E-state index contributed by atoms with van der Waals surface area (Å²) in [6.07, 6.45) is 3.17. The summed E-state index contributed by atoms with van der Waals surface area (Å²) in [5, 5.41) is 0. The quantitative estimate of drug-likeness (QED) is 0.839. The van der Waals surface area contributed by atoms with Crippen molar-refractivity contribution in [1.82, 2.24) is 4.72 Å². The summed E-state index contributed by atoms with van der Waals surface area (Å²) < 4.78 is 37.5. The third-order valence-electron chi connectivity index (χ3n) is 3.81. The molecule has 0 amide bonds. The fourth-order valence-electron chi connectivity index (χ4n) is 2.67. The van der Waals surface area contributed by atoms with E-state index in [0.29, 0.717) is 17.9 Å². The van der Waals surface area contributed by atoms with Gasteiger partial charge in [0.15, 0.2) is 11.5 Å². The summed E-state index contributed by atoms with van der Waals surface area (Å²) in [5.41, 5.74) is 2.11. The number of nitrogens with one attached hydrogen (secondary N) is 1. The third kappa shape index (κ3) is 3.68. The molecule has 1 N–H and O–H groups in total. The van der Waals surface area contributed by atoms with Gasteiger partial charge in [-0.15, -0.1) is 0 Å². The minimum Gasteiger partial charge on any atom is -0.493 e. The van der Waals surface area contributed by atoms with Crippen molar-refractivity contribution in [3.63, 3.8) is 0 Å². The number of hydrogen-bond donors (Lipinski definition) is 1. The van der Waals surface area contributed by atoms with Gasteiger partial charge in [-0.3, -0.25) is 0 Å². The van der Waals surface area contributed by atoms with Crippen molar-refractivity contribution < 1.29 is 17.9 Å². The zero-order valence-corrected chi connectivity index (χ0v) is 13.6. The standard InChI is InChI=1S/C15H23NO4S/c1-4-5-8-21(17,18)16-13-7-6-11-9-14(19-2)15(20-3)10-12(11)13/h9-10,13,16H,4-8H2,1-3H3. The lowest BCUT2D eigenvalue weighted by Gasteiger charge is -2.16. The lowest BCUT2D eigenvalue weighted by Crippen LogP contribution is -2.29. The van der Waals surface area contributed by atoms with Crippen LogP contribution in [0.25, 0.3) is 0 Å². The molecule has 0 spiro atoms. The first-order valence-corrected chi connectivity index (χ1v) is 8.90. The van der Waals surface area contributed by atoms with Crippen LogP contribution in [0.4, 0.5) is 0 Å². The SMILES string of the molecule is CCCCS(=O)(=O)NC1CCc2cc(OC)c(OC)cc21. The van der Waals surface area contributed by atoms with Crippen molar-refractivity contribution in [2.45, 2.75) is 38.6 Å². The van der Waals surface area contributed by atoms with Crippen LogP contribution < -0.4 is 14.2 Å². The van der Waals surface area contributed by atoms with Crippen LogP contribution in [0, 0.1) is 0 Å². The second-order valence-electron chi connectivity index (χ2n) is 5.29. The Hall–Kier alpha value is -1.27. The van der Waals surface area contributed by atoms with Crippen LogP contribution in [-0.4, -0.2) is 28.4 Å². The van der Waals surface area contributed by atoms with Crippen LogP contribution in [0.1, 0.15) is 43.4 Å². The molecule has 6 heteroatoms. The summed E-state index contributed by atoms with van der Waals surface area (Å²) >= 11 is 0. The van der Waals surface area contributed by atoms with Crippen molar-refractivity contribution >= 4 is 10.0 Å². The van der Waals surface area contributed by atoms with Gasteiger partial charge < -0.3 is 9.47 Å². The van der Waals surface area contributed by atoms with Gasteiger partial charge in [-0.2, -0.15) is 0 Å². The molecule has 1 aliphatic rings. The number of unbranched alkanes of at least 4 members (excludes halogenated alkanes) is 1. The molecule has 0 aliphatic heterocycles. The van der Waals surface area contributed by atoms with Crippen LogP contribution in [-0.2, 0) is 16.4 Å². The number of rotatable bonds is 7. The normalized spacial score (nSPS) is 17.6. The van der Waals surface area contributed by atoms with E-state index in [-0.39, 0.29) is 11.8 Å². The monoisotopic (exact) mass is 313 g/mol. The highest BCUT2D eigenvalue weighted by Crippen LogP contribution is 2.39. The predicted octanol–water partition coefficient (Wildman–Crippen LogP) is 2.41. The maximum absolute atomic E-state index is 12.1. The molecule has 1 aliphatic carbocycles. The molecule has 0 heterocycles. The first-order chi connectivity index (χ1) is 10.0. The largest absolute Gasteiger partial charge is 0.493 e. The minimum absolute atomic E-state index is 0.165. The van der Waals surface area contributed by atoms with Crippen molar-refractivity contribution in [1.29, 1.82) is 0 Å². The van der Waals surface area contributed by atoms with Crippen molar-refractivity contribution in [3.8, 4) is 11.5 Å². The average molecular weight is 313 g/mol. The van der Waals surface area contributed by atoms with Crippen LogP contribution in [0.5, 0.6) is 11.5 Å². The maximum atomic E-state index is 12.1. The van der Waals surface area contributed by atoms with E-state index in [1.54, 1.807) is 14.2 Å². The van der Waals surface area contributed by atoms with E-state index in [4.69, 9.17) is 9.47 Å². The Morgan fingerprint density at radius 1 is 1.24 bits per heavy atom. The molecular formula is C15H23NO4S. The van der Waals surface area contributed by atoms with Crippen LogP contribution >= 0.6 is 0 Å². The highest BCUT2D eigenvalue weighted by Gasteiger charge is 2.28. The molecule has 21 heavy (non-hydrogen) atoms. The lowest BCUT2D eigenvalue weighted by atomic mass is 10.1. The summed E-state index contributed by atoms with van der Waals surface area (Å²) in [6, 6.07) is 3.66. The Balaban J connectivity index is 2.22. The molecule has 1 atom stereocenters. The molecule has 0 aromatic heterocycles. The lowest BCUT2D eigenvalue weighted by molar-refractivity contribution is 0.354. The summed E-state index contributed by atoms with van der Waals surface area (Å²) in [4.78, 5) is 0. The highest BCUT2D eigenvalue weighted by atomic mass is 32.2. The maximum Gasteiger partial charge on any atom is 0.212 e. The van der Waals surface area contributed by atoms with Gasteiger partial charge in [-0.1, -0.05) is 13.3 Å². The number of fused-ring (bicyclic) bond motifs is 1. The third-order valence-corrected chi connectivity index (χ3v) is 5.28. The number of sulfonamides is 1. The first-order valence-electron chi connectivity index (χ1n) is 7.25. The molecule has 2 rings (SSSR count). The van der Waals surface area contributed by atoms with Gasteiger partial charge in [0.1, 0.15) is 0 Å². The molecule has 1 aromatic rings. The second-order valence-corrected chi connectivity index (χ2v) is 7.16. The average Bonchev–Trinajstić information content (AvgIpc) is 2.85. The van der Waals surface area contributed by atoms with E-state index in [1.807, 2.05) is 19.1 Å². The topological polar surface area (TPSA) is 64.6 Å². The molecule has 1 aromatic carbocycles. The van der Waals surface area contributed by atoms with E-state index < -0.39 is 10.0 Å². The van der Waals surface area contributed by atoms with Gasteiger partial charge in [-0.25, -0.2) is 13.1 Å². The van der Waals surface area contributed by atoms with Crippen LogP contribution in [0.15, 0.2) is 12.1 Å². The Morgan fingerprint density at radius 3 is 2.52 bits per heavy atom. The van der Waals surface area contributed by atoms with E-state index in [1.165, 1.54) is 0 Å². The summed E-state index contributed by atoms with van der Waals surface area (Å²) in [6.45, 7) is 1.98. The van der Waals surface area contributed by atoms with E-state index in [0.717, 1.165) is 30.4 Å². The van der Waals surface area contributed by atoms with Gasteiger partial charge in [0.05, 0.1) is 20.0 Å². The molecule has 0 bridgehead atoms. The van der Waals surface area contributed by atoms with Crippen LogP contribution in [0.2, 0.25) is 0 Å². The minimum atomic E-state index is -3.23. The fraction of sp³-hybridized carbons (Fsp3) is 0.600. The molecule has 5 nitrogen and oxygen atoms in total. The molecule has 1 unspecified atom stereocenters. The number of aryl methyl sites for hydroxylation is 1. The zero-order valence-electron chi connectivity index (χ0n) is 12.8. The van der Waals surface area contributed by atoms with Crippen molar-refractivity contribution in [2.24, 2.45) is 0 Å².